The second-order valence-electron chi connectivity index (χ2n) is 6.32. The Morgan fingerprint density at radius 2 is 1.88 bits per heavy atom. The summed E-state index contributed by atoms with van der Waals surface area (Å²) >= 11 is 0. The summed E-state index contributed by atoms with van der Waals surface area (Å²) in [6.07, 6.45) is 3.07. The van der Waals surface area contributed by atoms with Crippen molar-refractivity contribution < 1.29 is 14.3 Å². The van der Waals surface area contributed by atoms with Crippen molar-refractivity contribution in [3.05, 3.63) is 35.9 Å². The van der Waals surface area contributed by atoms with Gasteiger partial charge in [0.25, 0.3) is 0 Å². The average molecular weight is 330 g/mol. The Balaban J connectivity index is 1.60. The molecule has 2 heterocycles. The number of methoxy groups -OCH3 is 1. The molecule has 1 fully saturated rings. The molecule has 0 N–H and O–H groups in total. The van der Waals surface area contributed by atoms with E-state index in [1.165, 1.54) is 11.1 Å². The highest BCUT2D eigenvalue weighted by molar-refractivity contribution is 5.83. The molecule has 5 heteroatoms. The van der Waals surface area contributed by atoms with Crippen molar-refractivity contribution in [2.24, 2.45) is 0 Å². The number of hydrogen-bond acceptors (Lipinski definition) is 4. The minimum absolute atomic E-state index is 0.0650. The lowest BCUT2D eigenvalue weighted by Gasteiger charge is -2.35. The molecule has 5 nitrogen and oxygen atoms in total. The van der Waals surface area contributed by atoms with Crippen LogP contribution >= 0.6 is 0 Å². The number of carbonyl (C=O) groups is 1. The summed E-state index contributed by atoms with van der Waals surface area (Å²) < 4.78 is 10.6. The highest BCUT2D eigenvalue weighted by atomic mass is 16.5. The molecule has 0 spiro atoms. The Morgan fingerprint density at radius 1 is 1.17 bits per heavy atom. The monoisotopic (exact) mass is 330 g/mol. The maximum absolute atomic E-state index is 12.7. The molecule has 0 radical (unpaired) electrons. The standard InChI is InChI=1S/C19H26N2O3/c1-15(20-11-13-24-14-12-20)19(22)21-9-7-17(8-10-21)16-3-5-18(23-2)6-4-16/h3-7,15H,8-14H2,1-2H3/t15-/m1/s1. The smallest absolute Gasteiger partial charge is 0.239 e. The fraction of sp³-hybridized carbons (Fsp3) is 0.526. The van der Waals surface area contributed by atoms with Crippen LogP contribution in [0.2, 0.25) is 0 Å². The molecule has 1 atom stereocenters. The Morgan fingerprint density at radius 3 is 2.46 bits per heavy atom. The number of rotatable bonds is 4. The van der Waals surface area contributed by atoms with Gasteiger partial charge in [-0.25, -0.2) is 0 Å². The van der Waals surface area contributed by atoms with Crippen LogP contribution in [0, 0.1) is 0 Å². The van der Waals surface area contributed by atoms with Crippen LogP contribution in [0.4, 0.5) is 0 Å². The molecule has 1 amide bonds. The first-order valence-corrected chi connectivity index (χ1v) is 8.63. The highest BCUT2D eigenvalue weighted by Gasteiger charge is 2.28. The van der Waals surface area contributed by atoms with E-state index in [9.17, 15) is 4.79 Å². The zero-order valence-corrected chi connectivity index (χ0v) is 14.5. The van der Waals surface area contributed by atoms with Crippen molar-refractivity contribution in [3.63, 3.8) is 0 Å². The maximum Gasteiger partial charge on any atom is 0.239 e. The van der Waals surface area contributed by atoms with Gasteiger partial charge in [-0.15, -0.1) is 0 Å². The lowest BCUT2D eigenvalue weighted by molar-refractivity contribution is -0.137. The summed E-state index contributed by atoms with van der Waals surface area (Å²) in [5.74, 6) is 1.09. The minimum atomic E-state index is -0.0650. The first-order valence-electron chi connectivity index (χ1n) is 8.63. The zero-order chi connectivity index (χ0) is 16.9. The Kier molecular flexibility index (Phi) is 5.53. The van der Waals surface area contributed by atoms with Crippen LogP contribution in [0.1, 0.15) is 18.9 Å². The van der Waals surface area contributed by atoms with Gasteiger partial charge in [-0.1, -0.05) is 18.2 Å². The number of ether oxygens (including phenoxy) is 2. The van der Waals surface area contributed by atoms with Crippen LogP contribution in [0.25, 0.3) is 5.57 Å². The summed E-state index contributed by atoms with van der Waals surface area (Å²) in [6.45, 7) is 6.61. The number of benzene rings is 1. The third-order valence-corrected chi connectivity index (χ3v) is 4.93. The van der Waals surface area contributed by atoms with Crippen molar-refractivity contribution in [1.82, 2.24) is 9.80 Å². The van der Waals surface area contributed by atoms with Crippen molar-refractivity contribution in [2.45, 2.75) is 19.4 Å². The van der Waals surface area contributed by atoms with Gasteiger partial charge in [0.1, 0.15) is 5.75 Å². The van der Waals surface area contributed by atoms with Crippen LogP contribution in [-0.2, 0) is 9.53 Å². The summed E-state index contributed by atoms with van der Waals surface area (Å²) in [4.78, 5) is 16.9. The van der Waals surface area contributed by atoms with Gasteiger partial charge < -0.3 is 14.4 Å². The molecule has 2 aliphatic heterocycles. The van der Waals surface area contributed by atoms with Gasteiger partial charge in [0, 0.05) is 26.2 Å². The predicted molar refractivity (Wildman–Crippen MR) is 94.0 cm³/mol. The molecule has 0 aromatic heterocycles. The maximum atomic E-state index is 12.7. The summed E-state index contributed by atoms with van der Waals surface area (Å²) in [7, 11) is 1.67. The molecule has 0 saturated carbocycles. The quantitative estimate of drug-likeness (QED) is 0.847. The Labute approximate surface area is 143 Å². The van der Waals surface area contributed by atoms with Crippen LogP contribution in [0.5, 0.6) is 5.75 Å². The Bertz CT molecular complexity index is 591. The largest absolute Gasteiger partial charge is 0.497 e. The molecule has 130 valence electrons. The molecular weight excluding hydrogens is 304 g/mol. The van der Waals surface area contributed by atoms with E-state index >= 15 is 0 Å². The Hall–Kier alpha value is -1.85. The summed E-state index contributed by atoms with van der Waals surface area (Å²) in [5.41, 5.74) is 2.52. The summed E-state index contributed by atoms with van der Waals surface area (Å²) in [6, 6.07) is 8.06. The predicted octanol–water partition coefficient (Wildman–Crippen LogP) is 2.03. The lowest BCUT2D eigenvalue weighted by Crippen LogP contribution is -2.51. The van der Waals surface area contributed by atoms with E-state index in [2.05, 4.69) is 23.1 Å². The van der Waals surface area contributed by atoms with Gasteiger partial charge in [-0.05, 0) is 36.6 Å². The highest BCUT2D eigenvalue weighted by Crippen LogP contribution is 2.25. The molecular formula is C19H26N2O3. The van der Waals surface area contributed by atoms with E-state index < -0.39 is 0 Å². The van der Waals surface area contributed by atoms with E-state index in [0.717, 1.165) is 45.0 Å². The first kappa shape index (κ1) is 17.0. The fourth-order valence-corrected chi connectivity index (χ4v) is 3.32. The number of nitrogens with zero attached hydrogens (tertiary/aromatic N) is 2. The van der Waals surface area contributed by atoms with Crippen LogP contribution in [0.3, 0.4) is 0 Å². The number of hydrogen-bond donors (Lipinski definition) is 0. The van der Waals surface area contributed by atoms with E-state index in [-0.39, 0.29) is 11.9 Å². The molecule has 0 unspecified atom stereocenters. The topological polar surface area (TPSA) is 42.0 Å². The summed E-state index contributed by atoms with van der Waals surface area (Å²) in [5, 5.41) is 0. The normalized spacial score (nSPS) is 20.4. The number of morpholine rings is 1. The minimum Gasteiger partial charge on any atom is -0.497 e. The molecule has 0 bridgehead atoms. The van der Waals surface area contributed by atoms with Gasteiger partial charge in [-0.3, -0.25) is 9.69 Å². The SMILES string of the molecule is COc1ccc(C2=CCN(C(=O)[C@@H](C)N3CCOCC3)CC2)cc1. The van der Waals surface area contributed by atoms with Gasteiger partial charge in [0.15, 0.2) is 0 Å². The van der Waals surface area contributed by atoms with Crippen molar-refractivity contribution in [2.75, 3.05) is 46.5 Å². The van der Waals surface area contributed by atoms with E-state index in [1.807, 2.05) is 24.0 Å². The van der Waals surface area contributed by atoms with E-state index in [0.29, 0.717) is 6.54 Å². The van der Waals surface area contributed by atoms with Crippen molar-refractivity contribution in [1.29, 1.82) is 0 Å². The second-order valence-corrected chi connectivity index (χ2v) is 6.32. The van der Waals surface area contributed by atoms with Gasteiger partial charge >= 0.3 is 0 Å². The fourth-order valence-electron chi connectivity index (χ4n) is 3.32. The molecule has 1 saturated heterocycles. The molecule has 1 aromatic rings. The molecule has 0 aliphatic carbocycles. The molecule has 24 heavy (non-hydrogen) atoms. The van der Waals surface area contributed by atoms with Gasteiger partial charge in [0.2, 0.25) is 5.91 Å². The van der Waals surface area contributed by atoms with Crippen molar-refractivity contribution in [3.8, 4) is 5.75 Å². The van der Waals surface area contributed by atoms with Crippen LogP contribution in [0.15, 0.2) is 30.3 Å². The van der Waals surface area contributed by atoms with Crippen LogP contribution < -0.4 is 4.74 Å². The van der Waals surface area contributed by atoms with Gasteiger partial charge in [-0.2, -0.15) is 0 Å². The second kappa shape index (κ2) is 7.81. The molecule has 1 aromatic carbocycles. The average Bonchev–Trinajstić information content (AvgIpc) is 2.68. The third kappa shape index (κ3) is 3.79. The number of amides is 1. The third-order valence-electron chi connectivity index (χ3n) is 4.93. The van der Waals surface area contributed by atoms with E-state index in [1.54, 1.807) is 7.11 Å². The van der Waals surface area contributed by atoms with Crippen molar-refractivity contribution >= 4 is 11.5 Å². The molecule has 3 rings (SSSR count). The van der Waals surface area contributed by atoms with Gasteiger partial charge in [0.05, 0.1) is 26.4 Å². The first-order chi connectivity index (χ1) is 11.7. The zero-order valence-electron chi connectivity index (χ0n) is 14.5. The lowest BCUT2D eigenvalue weighted by atomic mass is 9.99. The number of carbonyl (C=O) groups excluding carboxylic acids is 1. The van der Waals surface area contributed by atoms with Crippen LogP contribution in [-0.4, -0.2) is 68.3 Å². The van der Waals surface area contributed by atoms with E-state index in [4.69, 9.17) is 9.47 Å². The molecule has 2 aliphatic rings.